The van der Waals surface area contributed by atoms with Crippen molar-refractivity contribution >= 4 is 6.01 Å². The highest BCUT2D eigenvalue weighted by atomic mass is 16.5. The van der Waals surface area contributed by atoms with E-state index in [-0.39, 0.29) is 6.01 Å². The molecule has 0 radical (unpaired) electrons. The first-order valence-electron chi connectivity index (χ1n) is 5.51. The van der Waals surface area contributed by atoms with Crippen LogP contribution in [0.3, 0.4) is 0 Å². The zero-order chi connectivity index (χ0) is 12.4. The second-order valence-corrected chi connectivity index (χ2v) is 4.17. The standard InChI is InChI=1S/C13H16N2O2/c1-8(2)10-6-9(4-5-11(10)16-3)12-7-15-13(14)17-12/h4-8H,1-3H3,(H2,14,15). The van der Waals surface area contributed by atoms with Gasteiger partial charge < -0.3 is 14.9 Å². The van der Waals surface area contributed by atoms with Gasteiger partial charge in [0.2, 0.25) is 0 Å². The molecule has 4 heteroatoms. The number of hydrogen-bond donors (Lipinski definition) is 1. The molecule has 2 rings (SSSR count). The van der Waals surface area contributed by atoms with Gasteiger partial charge in [-0.05, 0) is 29.7 Å². The van der Waals surface area contributed by atoms with Crippen LogP contribution in [0.15, 0.2) is 28.8 Å². The Morgan fingerprint density at radius 2 is 2.12 bits per heavy atom. The molecule has 0 bridgehead atoms. The average molecular weight is 232 g/mol. The van der Waals surface area contributed by atoms with E-state index in [9.17, 15) is 0 Å². The van der Waals surface area contributed by atoms with Crippen LogP contribution in [0.4, 0.5) is 6.01 Å². The Morgan fingerprint density at radius 3 is 2.65 bits per heavy atom. The van der Waals surface area contributed by atoms with E-state index in [1.165, 1.54) is 0 Å². The molecule has 4 nitrogen and oxygen atoms in total. The number of ether oxygens (including phenoxy) is 1. The molecule has 0 aliphatic rings. The molecule has 0 aliphatic heterocycles. The number of methoxy groups -OCH3 is 1. The number of hydrogen-bond acceptors (Lipinski definition) is 4. The van der Waals surface area contributed by atoms with Crippen LogP contribution >= 0.6 is 0 Å². The second kappa shape index (κ2) is 4.49. The average Bonchev–Trinajstić information content (AvgIpc) is 2.75. The minimum absolute atomic E-state index is 0.182. The third-order valence-corrected chi connectivity index (χ3v) is 2.66. The highest BCUT2D eigenvalue weighted by Gasteiger charge is 2.11. The molecule has 0 amide bonds. The molecular weight excluding hydrogens is 216 g/mol. The fourth-order valence-electron chi connectivity index (χ4n) is 1.76. The summed E-state index contributed by atoms with van der Waals surface area (Å²) in [4.78, 5) is 3.89. The topological polar surface area (TPSA) is 61.3 Å². The van der Waals surface area contributed by atoms with Crippen LogP contribution in [0.2, 0.25) is 0 Å². The van der Waals surface area contributed by atoms with E-state index in [4.69, 9.17) is 14.9 Å². The van der Waals surface area contributed by atoms with E-state index in [1.54, 1.807) is 13.3 Å². The van der Waals surface area contributed by atoms with Crippen molar-refractivity contribution in [2.24, 2.45) is 0 Å². The molecule has 0 saturated heterocycles. The van der Waals surface area contributed by atoms with E-state index >= 15 is 0 Å². The van der Waals surface area contributed by atoms with Gasteiger partial charge in [0.1, 0.15) is 5.75 Å². The molecule has 2 N–H and O–H groups in total. The number of nitrogens with two attached hydrogens (primary N) is 1. The van der Waals surface area contributed by atoms with Gasteiger partial charge in [0.05, 0.1) is 13.3 Å². The predicted octanol–water partition coefficient (Wildman–Crippen LogP) is 3.06. The van der Waals surface area contributed by atoms with Crippen LogP contribution in [0.5, 0.6) is 5.75 Å². The number of rotatable bonds is 3. The molecule has 1 aromatic carbocycles. The Balaban J connectivity index is 2.47. The summed E-state index contributed by atoms with van der Waals surface area (Å²) in [7, 11) is 1.67. The summed E-state index contributed by atoms with van der Waals surface area (Å²) in [6, 6.07) is 6.10. The monoisotopic (exact) mass is 232 g/mol. The molecule has 90 valence electrons. The molecule has 0 fully saturated rings. The van der Waals surface area contributed by atoms with Gasteiger partial charge in [-0.3, -0.25) is 0 Å². The predicted molar refractivity (Wildman–Crippen MR) is 67.0 cm³/mol. The van der Waals surface area contributed by atoms with Gasteiger partial charge in [0, 0.05) is 5.56 Å². The molecule has 1 aromatic heterocycles. The van der Waals surface area contributed by atoms with Crippen LogP contribution in [0.1, 0.15) is 25.3 Å². The zero-order valence-electron chi connectivity index (χ0n) is 10.2. The Morgan fingerprint density at radius 1 is 1.35 bits per heavy atom. The number of nitrogen functional groups attached to an aromatic ring is 1. The van der Waals surface area contributed by atoms with E-state index in [0.717, 1.165) is 16.9 Å². The molecular formula is C13H16N2O2. The molecule has 1 heterocycles. The van der Waals surface area contributed by atoms with Crippen molar-refractivity contribution in [1.82, 2.24) is 4.98 Å². The van der Waals surface area contributed by atoms with Crippen LogP contribution in [-0.2, 0) is 0 Å². The number of oxazole rings is 1. The largest absolute Gasteiger partial charge is 0.496 e. The molecule has 0 saturated carbocycles. The molecule has 0 atom stereocenters. The highest BCUT2D eigenvalue weighted by Crippen LogP contribution is 2.31. The van der Waals surface area contributed by atoms with E-state index < -0.39 is 0 Å². The smallest absolute Gasteiger partial charge is 0.292 e. The van der Waals surface area contributed by atoms with Crippen molar-refractivity contribution < 1.29 is 9.15 Å². The first kappa shape index (κ1) is 11.5. The van der Waals surface area contributed by atoms with Gasteiger partial charge in [-0.15, -0.1) is 0 Å². The van der Waals surface area contributed by atoms with Crippen LogP contribution in [-0.4, -0.2) is 12.1 Å². The summed E-state index contributed by atoms with van der Waals surface area (Å²) in [5, 5.41) is 0. The Labute approximate surface area is 100 Å². The Bertz CT molecular complexity index is 518. The van der Waals surface area contributed by atoms with E-state index in [1.807, 2.05) is 18.2 Å². The van der Waals surface area contributed by atoms with Crippen LogP contribution in [0, 0.1) is 0 Å². The van der Waals surface area contributed by atoms with E-state index in [0.29, 0.717) is 11.7 Å². The summed E-state index contributed by atoms with van der Waals surface area (Å²) in [6.45, 7) is 4.24. The van der Waals surface area contributed by atoms with Gasteiger partial charge in [-0.2, -0.15) is 0 Å². The summed E-state index contributed by atoms with van der Waals surface area (Å²) >= 11 is 0. The zero-order valence-corrected chi connectivity index (χ0v) is 10.2. The molecule has 17 heavy (non-hydrogen) atoms. The number of anilines is 1. The first-order valence-corrected chi connectivity index (χ1v) is 5.51. The van der Waals surface area contributed by atoms with Gasteiger partial charge >= 0.3 is 0 Å². The van der Waals surface area contributed by atoms with E-state index in [2.05, 4.69) is 18.8 Å². The Hall–Kier alpha value is -1.97. The quantitative estimate of drug-likeness (QED) is 0.883. The fraction of sp³-hybridized carbons (Fsp3) is 0.308. The van der Waals surface area contributed by atoms with Crippen molar-refractivity contribution in [3.05, 3.63) is 30.0 Å². The van der Waals surface area contributed by atoms with Crippen molar-refractivity contribution in [3.63, 3.8) is 0 Å². The fourth-order valence-corrected chi connectivity index (χ4v) is 1.76. The molecule has 0 aliphatic carbocycles. The van der Waals surface area contributed by atoms with Gasteiger partial charge in [0.15, 0.2) is 5.76 Å². The molecule has 0 spiro atoms. The van der Waals surface area contributed by atoms with Crippen LogP contribution in [0.25, 0.3) is 11.3 Å². The van der Waals surface area contributed by atoms with Crippen molar-refractivity contribution in [3.8, 4) is 17.1 Å². The third-order valence-electron chi connectivity index (χ3n) is 2.66. The minimum atomic E-state index is 0.182. The lowest BCUT2D eigenvalue weighted by molar-refractivity contribution is 0.407. The van der Waals surface area contributed by atoms with Gasteiger partial charge in [-0.25, -0.2) is 4.98 Å². The third kappa shape index (κ3) is 2.25. The van der Waals surface area contributed by atoms with Gasteiger partial charge in [0.25, 0.3) is 6.01 Å². The first-order chi connectivity index (χ1) is 8.11. The normalized spacial score (nSPS) is 10.8. The maximum absolute atomic E-state index is 5.47. The van der Waals surface area contributed by atoms with Crippen LogP contribution < -0.4 is 10.5 Å². The lowest BCUT2D eigenvalue weighted by Gasteiger charge is -2.12. The summed E-state index contributed by atoms with van der Waals surface area (Å²) < 4.78 is 10.6. The second-order valence-electron chi connectivity index (χ2n) is 4.17. The Kier molecular flexibility index (Phi) is 3.04. The summed E-state index contributed by atoms with van der Waals surface area (Å²) in [6.07, 6.45) is 1.63. The molecule has 0 unspecified atom stereocenters. The summed E-state index contributed by atoms with van der Waals surface area (Å²) in [5.41, 5.74) is 7.56. The van der Waals surface area contributed by atoms with Crippen molar-refractivity contribution in [2.75, 3.05) is 12.8 Å². The molecule has 2 aromatic rings. The highest BCUT2D eigenvalue weighted by molar-refractivity contribution is 5.61. The summed E-state index contributed by atoms with van der Waals surface area (Å²) in [5.74, 6) is 1.94. The number of nitrogens with zero attached hydrogens (tertiary/aromatic N) is 1. The van der Waals surface area contributed by atoms with Gasteiger partial charge in [-0.1, -0.05) is 13.8 Å². The van der Waals surface area contributed by atoms with Crippen molar-refractivity contribution in [1.29, 1.82) is 0 Å². The lowest BCUT2D eigenvalue weighted by atomic mass is 9.99. The minimum Gasteiger partial charge on any atom is -0.496 e. The number of benzene rings is 1. The van der Waals surface area contributed by atoms with Crippen molar-refractivity contribution in [2.45, 2.75) is 19.8 Å². The maximum atomic E-state index is 5.47. The SMILES string of the molecule is COc1ccc(-c2cnc(N)o2)cc1C(C)C. The lowest BCUT2D eigenvalue weighted by Crippen LogP contribution is -1.94. The maximum Gasteiger partial charge on any atom is 0.292 e. The number of aromatic nitrogens is 1.